The lowest BCUT2D eigenvalue weighted by Gasteiger charge is -2.38. The van der Waals surface area contributed by atoms with Gasteiger partial charge in [-0.05, 0) is 48.7 Å². The fourth-order valence-electron chi connectivity index (χ4n) is 3.90. The number of piperidine rings is 1. The largest absolute Gasteiger partial charge is 0.465 e. The summed E-state index contributed by atoms with van der Waals surface area (Å²) in [6.07, 6.45) is -11.1. The summed E-state index contributed by atoms with van der Waals surface area (Å²) in [6.45, 7) is 1.83. The summed E-state index contributed by atoms with van der Waals surface area (Å²) in [5.74, 6) is -0.534. The second-order valence-corrected chi connectivity index (χ2v) is 8.54. The summed E-state index contributed by atoms with van der Waals surface area (Å²) in [5.41, 5.74) is -2.43. The summed E-state index contributed by atoms with van der Waals surface area (Å²) in [4.78, 5) is 25.2. The van der Waals surface area contributed by atoms with Crippen LogP contribution in [0.2, 0.25) is 5.02 Å². The number of amides is 3. The number of anilines is 1. The van der Waals surface area contributed by atoms with Crippen LogP contribution in [0.5, 0.6) is 0 Å². The van der Waals surface area contributed by atoms with Crippen LogP contribution in [-0.4, -0.2) is 41.3 Å². The van der Waals surface area contributed by atoms with Crippen molar-refractivity contribution in [3.8, 4) is 0 Å². The highest BCUT2D eigenvalue weighted by Crippen LogP contribution is 2.37. The molecule has 13 heteroatoms. The van der Waals surface area contributed by atoms with Gasteiger partial charge in [-0.25, -0.2) is 9.59 Å². The van der Waals surface area contributed by atoms with Gasteiger partial charge in [0.05, 0.1) is 11.1 Å². The second-order valence-electron chi connectivity index (χ2n) is 8.13. The molecule has 35 heavy (non-hydrogen) atoms. The fourth-order valence-corrected chi connectivity index (χ4v) is 4.02. The lowest BCUT2D eigenvalue weighted by molar-refractivity contribution is -0.143. The molecule has 1 aliphatic heterocycles. The maximum Gasteiger partial charge on any atom is 0.416 e. The van der Waals surface area contributed by atoms with Crippen LogP contribution >= 0.6 is 11.6 Å². The zero-order valence-electron chi connectivity index (χ0n) is 18.1. The van der Waals surface area contributed by atoms with Crippen LogP contribution in [0.15, 0.2) is 36.4 Å². The third kappa shape index (κ3) is 6.50. The van der Waals surface area contributed by atoms with Gasteiger partial charge < -0.3 is 20.6 Å². The molecule has 3 N–H and O–H groups in total. The lowest BCUT2D eigenvalue weighted by Crippen LogP contribution is -2.51. The fraction of sp³-hybridized carbons (Fsp3) is 0.364. The van der Waals surface area contributed by atoms with Gasteiger partial charge in [0.2, 0.25) is 0 Å². The normalized spacial score (nSPS) is 18.8. The summed E-state index contributed by atoms with van der Waals surface area (Å²) in [6, 6.07) is 4.10. The van der Waals surface area contributed by atoms with Gasteiger partial charge in [-0.3, -0.25) is 0 Å². The van der Waals surface area contributed by atoms with Crippen molar-refractivity contribution in [1.29, 1.82) is 0 Å². The Balaban J connectivity index is 1.84. The maximum atomic E-state index is 13.1. The Labute approximate surface area is 200 Å². The highest BCUT2D eigenvalue weighted by Gasteiger charge is 2.38. The van der Waals surface area contributed by atoms with Crippen LogP contribution in [0.25, 0.3) is 0 Å². The van der Waals surface area contributed by atoms with Crippen LogP contribution < -0.4 is 10.6 Å². The minimum atomic E-state index is -5.06. The van der Waals surface area contributed by atoms with Crippen molar-refractivity contribution in [3.05, 3.63) is 63.7 Å². The maximum absolute atomic E-state index is 13.1. The zero-order chi connectivity index (χ0) is 26.1. The van der Waals surface area contributed by atoms with Crippen molar-refractivity contribution < 1.29 is 41.0 Å². The minimum Gasteiger partial charge on any atom is -0.465 e. The van der Waals surface area contributed by atoms with Crippen molar-refractivity contribution in [1.82, 2.24) is 10.2 Å². The Bertz CT molecular complexity index is 1090. The molecule has 1 saturated heterocycles. The summed E-state index contributed by atoms with van der Waals surface area (Å²) < 4.78 is 78.5. The monoisotopic (exact) mass is 523 g/mol. The Hall–Kier alpha value is -3.15. The number of halogens is 7. The molecule has 6 nitrogen and oxygen atoms in total. The number of alkyl halides is 6. The topological polar surface area (TPSA) is 81.7 Å². The van der Waals surface area contributed by atoms with Gasteiger partial charge in [-0.1, -0.05) is 23.7 Å². The highest BCUT2D eigenvalue weighted by atomic mass is 35.5. The molecule has 1 fully saturated rings. The van der Waals surface area contributed by atoms with Crippen LogP contribution in [0.4, 0.5) is 41.6 Å². The van der Waals surface area contributed by atoms with Gasteiger partial charge in [-0.15, -0.1) is 0 Å². The van der Waals surface area contributed by atoms with E-state index in [1.165, 1.54) is 0 Å². The van der Waals surface area contributed by atoms with Crippen LogP contribution in [0.3, 0.4) is 0 Å². The number of nitrogens with zero attached hydrogens (tertiary/aromatic N) is 1. The standard InChI is InChI=1S/C22H20ClF6N3O3/c1-11-6-12(2-3-17(11)23)16-10-32(20(34)35)5-4-18(16)31-19(33)30-15-8-13(21(24,25)26)7-14(9-15)22(27,28)29/h2-3,6-9,16,18H,4-5,10H2,1H3,(H,34,35)(H2,30,31,33)/t16-,18+/m0/s1. The van der Waals surface area contributed by atoms with E-state index in [0.717, 1.165) is 4.90 Å². The van der Waals surface area contributed by atoms with Gasteiger partial charge in [0.25, 0.3) is 0 Å². The van der Waals surface area contributed by atoms with Gasteiger partial charge in [0, 0.05) is 35.8 Å². The average molecular weight is 524 g/mol. The summed E-state index contributed by atoms with van der Waals surface area (Å²) in [5, 5.41) is 14.4. The van der Waals surface area contributed by atoms with Gasteiger partial charge in [0.15, 0.2) is 0 Å². The first-order valence-corrected chi connectivity index (χ1v) is 10.6. The van der Waals surface area contributed by atoms with E-state index < -0.39 is 53.3 Å². The van der Waals surface area contributed by atoms with Gasteiger partial charge >= 0.3 is 24.5 Å². The third-order valence-electron chi connectivity index (χ3n) is 5.66. The summed E-state index contributed by atoms with van der Waals surface area (Å²) in [7, 11) is 0. The molecule has 0 radical (unpaired) electrons. The molecule has 2 aromatic rings. The molecular weight excluding hydrogens is 504 g/mol. The van der Waals surface area contributed by atoms with Crippen molar-refractivity contribution >= 4 is 29.4 Å². The zero-order valence-corrected chi connectivity index (χ0v) is 18.9. The van der Waals surface area contributed by atoms with E-state index in [1.807, 2.05) is 5.32 Å². The number of aryl methyl sites for hydroxylation is 1. The molecule has 1 aliphatic rings. The Morgan fingerprint density at radius 3 is 2.14 bits per heavy atom. The van der Waals surface area contributed by atoms with Crippen LogP contribution in [0, 0.1) is 6.92 Å². The number of urea groups is 1. The Morgan fingerprint density at radius 1 is 1.03 bits per heavy atom. The predicted octanol–water partition coefficient (Wildman–Crippen LogP) is 6.34. The van der Waals surface area contributed by atoms with E-state index in [9.17, 15) is 41.0 Å². The molecule has 190 valence electrons. The van der Waals surface area contributed by atoms with Crippen LogP contribution in [-0.2, 0) is 12.4 Å². The molecule has 0 unspecified atom stereocenters. The second kappa shape index (κ2) is 9.84. The quantitative estimate of drug-likeness (QED) is 0.410. The molecule has 3 amide bonds. The van der Waals surface area contributed by atoms with E-state index >= 15 is 0 Å². The highest BCUT2D eigenvalue weighted by molar-refractivity contribution is 6.31. The molecule has 0 saturated carbocycles. The number of nitrogens with one attached hydrogen (secondary N) is 2. The van der Waals surface area contributed by atoms with Gasteiger partial charge in [0.1, 0.15) is 0 Å². The predicted molar refractivity (Wildman–Crippen MR) is 116 cm³/mol. The molecule has 2 atom stereocenters. The molecule has 2 aromatic carbocycles. The third-order valence-corrected chi connectivity index (χ3v) is 6.08. The van der Waals surface area contributed by atoms with E-state index in [0.29, 0.717) is 28.3 Å². The van der Waals surface area contributed by atoms with E-state index in [2.05, 4.69) is 5.32 Å². The van der Waals surface area contributed by atoms with E-state index in [1.54, 1.807) is 25.1 Å². The van der Waals surface area contributed by atoms with E-state index in [-0.39, 0.29) is 25.6 Å². The molecular formula is C22H20ClF6N3O3. The van der Waals surface area contributed by atoms with E-state index in [4.69, 9.17) is 11.6 Å². The van der Waals surface area contributed by atoms with Crippen molar-refractivity contribution in [2.75, 3.05) is 18.4 Å². The van der Waals surface area contributed by atoms with Crippen LogP contribution in [0.1, 0.15) is 34.6 Å². The SMILES string of the molecule is Cc1cc([C@@H]2CN(C(=O)O)CC[C@H]2NC(=O)Nc2cc(C(F)(F)F)cc(C(F)(F)F)c2)ccc1Cl. The summed E-state index contributed by atoms with van der Waals surface area (Å²) >= 11 is 6.05. The number of likely N-dealkylation sites (tertiary alicyclic amines) is 1. The Morgan fingerprint density at radius 2 is 1.63 bits per heavy atom. The number of carbonyl (C=O) groups is 2. The number of carboxylic acid groups (broad SMARTS) is 1. The smallest absolute Gasteiger partial charge is 0.416 e. The molecule has 0 spiro atoms. The van der Waals surface area contributed by atoms with Crippen molar-refractivity contribution in [2.24, 2.45) is 0 Å². The molecule has 0 bridgehead atoms. The first-order chi connectivity index (χ1) is 16.1. The number of rotatable bonds is 3. The average Bonchev–Trinajstić information content (AvgIpc) is 2.74. The van der Waals surface area contributed by atoms with Gasteiger partial charge in [-0.2, -0.15) is 26.3 Å². The molecule has 0 aromatic heterocycles. The number of carbonyl (C=O) groups excluding carboxylic acids is 1. The molecule has 1 heterocycles. The first-order valence-electron chi connectivity index (χ1n) is 10.3. The number of hydrogen-bond donors (Lipinski definition) is 3. The number of hydrogen-bond acceptors (Lipinski definition) is 2. The molecule has 3 rings (SSSR count). The minimum absolute atomic E-state index is 0.0170. The molecule has 0 aliphatic carbocycles. The first kappa shape index (κ1) is 26.5. The number of benzene rings is 2. The van der Waals surface area contributed by atoms with Crippen molar-refractivity contribution in [2.45, 2.75) is 37.7 Å². The Kier molecular flexibility index (Phi) is 7.44. The lowest BCUT2D eigenvalue weighted by atomic mass is 9.85. The van der Waals surface area contributed by atoms with Crippen molar-refractivity contribution in [3.63, 3.8) is 0 Å².